The molecular formula is C21H24N6O. The molecule has 1 aliphatic rings. The van der Waals surface area contributed by atoms with Crippen molar-refractivity contribution in [2.24, 2.45) is 10.4 Å². The van der Waals surface area contributed by atoms with E-state index in [0.29, 0.717) is 13.0 Å². The third kappa shape index (κ3) is 3.88. The summed E-state index contributed by atoms with van der Waals surface area (Å²) in [5.41, 5.74) is 5.10. The average Bonchev–Trinajstić information content (AvgIpc) is 3.36. The van der Waals surface area contributed by atoms with E-state index >= 15 is 0 Å². The summed E-state index contributed by atoms with van der Waals surface area (Å²) in [5.74, 6) is 0.848. The van der Waals surface area contributed by atoms with Crippen LogP contribution in [0.1, 0.15) is 25.0 Å². The summed E-state index contributed by atoms with van der Waals surface area (Å²) in [7, 11) is 0. The molecule has 0 fully saturated rings. The molecule has 0 aliphatic carbocycles. The summed E-state index contributed by atoms with van der Waals surface area (Å²) in [5, 5.41) is 6.52. The van der Waals surface area contributed by atoms with Crippen LogP contribution in [0, 0.1) is 5.41 Å². The zero-order valence-electron chi connectivity index (χ0n) is 16.1. The second-order valence-electron chi connectivity index (χ2n) is 7.76. The predicted octanol–water partition coefficient (Wildman–Crippen LogP) is 2.44. The first kappa shape index (κ1) is 18.2. The maximum absolute atomic E-state index is 11.3. The fourth-order valence-electron chi connectivity index (χ4n) is 3.29. The van der Waals surface area contributed by atoms with E-state index in [1.54, 1.807) is 6.20 Å². The van der Waals surface area contributed by atoms with E-state index in [1.807, 2.05) is 32.2 Å². The lowest BCUT2D eigenvalue weighted by molar-refractivity contribution is -0.114. The van der Waals surface area contributed by atoms with E-state index in [9.17, 15) is 4.79 Å². The summed E-state index contributed by atoms with van der Waals surface area (Å²) < 4.78 is 0. The van der Waals surface area contributed by atoms with Gasteiger partial charge in [0.2, 0.25) is 0 Å². The van der Waals surface area contributed by atoms with Gasteiger partial charge in [-0.25, -0.2) is 9.97 Å². The van der Waals surface area contributed by atoms with Crippen LogP contribution in [0.3, 0.4) is 0 Å². The van der Waals surface area contributed by atoms with Crippen LogP contribution >= 0.6 is 0 Å². The minimum atomic E-state index is -0.435. The summed E-state index contributed by atoms with van der Waals surface area (Å²) in [4.78, 5) is 28.2. The van der Waals surface area contributed by atoms with Gasteiger partial charge >= 0.3 is 0 Å². The van der Waals surface area contributed by atoms with Crippen LogP contribution in [0.2, 0.25) is 0 Å². The predicted molar refractivity (Wildman–Crippen MR) is 110 cm³/mol. The number of hydrogen-bond donors (Lipinski definition) is 3. The van der Waals surface area contributed by atoms with Gasteiger partial charge in [-0.2, -0.15) is 0 Å². The highest BCUT2D eigenvalue weighted by Crippen LogP contribution is 2.26. The van der Waals surface area contributed by atoms with E-state index in [2.05, 4.69) is 37.7 Å². The van der Waals surface area contributed by atoms with E-state index in [0.717, 1.165) is 58.9 Å². The molecule has 3 aromatic rings. The summed E-state index contributed by atoms with van der Waals surface area (Å²) in [6.07, 6.45) is 5.29. The zero-order valence-corrected chi connectivity index (χ0v) is 16.1. The molecule has 4 rings (SSSR count). The molecule has 0 unspecified atom stereocenters. The Labute approximate surface area is 163 Å². The Morgan fingerprint density at radius 1 is 1.32 bits per heavy atom. The number of rotatable bonds is 6. The van der Waals surface area contributed by atoms with Crippen molar-refractivity contribution in [1.82, 2.24) is 25.6 Å². The van der Waals surface area contributed by atoms with Crippen LogP contribution in [0.5, 0.6) is 0 Å². The topological polar surface area (TPSA) is 95.1 Å². The van der Waals surface area contributed by atoms with Crippen LogP contribution in [0.25, 0.3) is 22.4 Å². The van der Waals surface area contributed by atoms with Gasteiger partial charge in [0.1, 0.15) is 11.8 Å². The fourth-order valence-corrected chi connectivity index (χ4v) is 3.29. The summed E-state index contributed by atoms with van der Waals surface area (Å²) in [6.45, 7) is 6.25. The number of carbonyl (C=O) groups excluding carboxylic acids is 1. The van der Waals surface area contributed by atoms with Gasteiger partial charge in [-0.1, -0.05) is 32.0 Å². The lowest BCUT2D eigenvalue weighted by Gasteiger charge is -2.15. The second kappa shape index (κ2) is 7.42. The number of aliphatic imine (C=N–C) groups is 1. The maximum Gasteiger partial charge on any atom is 0.191 e. The van der Waals surface area contributed by atoms with Crippen LogP contribution in [-0.2, 0) is 17.8 Å². The Morgan fingerprint density at radius 2 is 2.21 bits per heavy atom. The van der Waals surface area contributed by atoms with Crippen molar-refractivity contribution < 1.29 is 4.79 Å². The van der Waals surface area contributed by atoms with Gasteiger partial charge in [0.05, 0.1) is 18.4 Å². The largest absolute Gasteiger partial charge is 0.355 e. The molecule has 2 aromatic heterocycles. The standard InChI is InChI=1S/C21H24N6O/c1-21(2,13-28)9-16-11-24-19-18(16)27-17(12-25-19)15-5-3-4-14(8-15)10-26-20-22-6-7-23-20/h3-5,8,11-13H,6-7,9-10H2,1-2H3,(H,24,25)(H2,22,23,26). The molecule has 144 valence electrons. The fraction of sp³-hybridized carbons (Fsp3) is 0.333. The summed E-state index contributed by atoms with van der Waals surface area (Å²) >= 11 is 0. The Morgan fingerprint density at radius 3 is 3.00 bits per heavy atom. The molecular weight excluding hydrogens is 352 g/mol. The number of H-pyrrole nitrogens is 1. The molecule has 28 heavy (non-hydrogen) atoms. The first-order valence-corrected chi connectivity index (χ1v) is 9.45. The molecule has 0 saturated carbocycles. The monoisotopic (exact) mass is 376 g/mol. The van der Waals surface area contributed by atoms with Gasteiger partial charge < -0.3 is 20.4 Å². The molecule has 0 atom stereocenters. The Kier molecular flexibility index (Phi) is 4.81. The molecule has 0 bridgehead atoms. The van der Waals surface area contributed by atoms with Crippen molar-refractivity contribution in [2.45, 2.75) is 26.8 Å². The van der Waals surface area contributed by atoms with Crippen LogP contribution in [-0.4, -0.2) is 40.3 Å². The van der Waals surface area contributed by atoms with Gasteiger partial charge in [-0.05, 0) is 23.6 Å². The molecule has 0 saturated heterocycles. The molecule has 1 aromatic carbocycles. The highest BCUT2D eigenvalue weighted by Gasteiger charge is 2.20. The van der Waals surface area contributed by atoms with E-state index < -0.39 is 5.41 Å². The zero-order chi connectivity index (χ0) is 19.6. The van der Waals surface area contributed by atoms with Crippen molar-refractivity contribution in [3.63, 3.8) is 0 Å². The highest BCUT2D eigenvalue weighted by molar-refractivity contribution is 5.81. The molecule has 3 N–H and O–H groups in total. The first-order valence-electron chi connectivity index (χ1n) is 9.45. The lowest BCUT2D eigenvalue weighted by atomic mass is 9.88. The normalized spacial score (nSPS) is 14.0. The van der Waals surface area contributed by atoms with Crippen molar-refractivity contribution >= 4 is 23.4 Å². The van der Waals surface area contributed by atoms with Gasteiger partial charge in [-0.3, -0.25) is 4.99 Å². The molecule has 3 heterocycles. The molecule has 0 spiro atoms. The smallest absolute Gasteiger partial charge is 0.191 e. The molecule has 1 aliphatic heterocycles. The number of aldehydes is 1. The molecule has 0 radical (unpaired) electrons. The Hall–Kier alpha value is -3.22. The SMILES string of the molecule is CC(C)(C=O)Cc1c[nH]c2ncc(-c3cccc(CNC4=NCCN4)c3)nc12. The highest BCUT2D eigenvalue weighted by atomic mass is 16.1. The third-order valence-corrected chi connectivity index (χ3v) is 4.78. The molecule has 7 nitrogen and oxygen atoms in total. The number of guanidine groups is 1. The third-order valence-electron chi connectivity index (χ3n) is 4.78. The minimum absolute atomic E-state index is 0.435. The van der Waals surface area contributed by atoms with Gasteiger partial charge in [0.15, 0.2) is 11.6 Å². The number of carbonyl (C=O) groups is 1. The van der Waals surface area contributed by atoms with Crippen LogP contribution in [0.4, 0.5) is 0 Å². The van der Waals surface area contributed by atoms with Crippen LogP contribution < -0.4 is 10.6 Å². The number of aromatic nitrogens is 3. The first-order chi connectivity index (χ1) is 13.5. The minimum Gasteiger partial charge on any atom is -0.355 e. The lowest BCUT2D eigenvalue weighted by Crippen LogP contribution is -2.33. The number of nitrogens with zero attached hydrogens (tertiary/aromatic N) is 3. The number of nitrogens with one attached hydrogen (secondary N) is 3. The average molecular weight is 376 g/mol. The van der Waals surface area contributed by atoms with E-state index in [1.165, 1.54) is 0 Å². The van der Waals surface area contributed by atoms with Crippen molar-refractivity contribution in [3.8, 4) is 11.3 Å². The van der Waals surface area contributed by atoms with Crippen LogP contribution in [0.15, 0.2) is 41.7 Å². The van der Waals surface area contributed by atoms with E-state index in [4.69, 9.17) is 4.98 Å². The Bertz CT molecular complexity index is 1040. The number of fused-ring (bicyclic) bond motifs is 1. The molecule has 0 amide bonds. The summed E-state index contributed by atoms with van der Waals surface area (Å²) in [6, 6.07) is 8.24. The Balaban J connectivity index is 1.60. The van der Waals surface area contributed by atoms with Crippen molar-refractivity contribution in [3.05, 3.63) is 47.8 Å². The van der Waals surface area contributed by atoms with Crippen molar-refractivity contribution in [2.75, 3.05) is 13.1 Å². The maximum atomic E-state index is 11.3. The number of hydrogen-bond acceptors (Lipinski definition) is 6. The van der Waals surface area contributed by atoms with Gasteiger partial charge in [-0.15, -0.1) is 0 Å². The van der Waals surface area contributed by atoms with Gasteiger partial charge in [0.25, 0.3) is 0 Å². The van der Waals surface area contributed by atoms with Gasteiger partial charge in [0, 0.05) is 30.3 Å². The number of benzene rings is 1. The van der Waals surface area contributed by atoms with E-state index in [-0.39, 0.29) is 0 Å². The second-order valence-corrected chi connectivity index (χ2v) is 7.76. The molecule has 7 heteroatoms. The number of aromatic amines is 1. The quantitative estimate of drug-likeness (QED) is 0.575. The van der Waals surface area contributed by atoms with Crippen molar-refractivity contribution in [1.29, 1.82) is 0 Å².